The van der Waals surface area contributed by atoms with Crippen molar-refractivity contribution >= 4 is 0 Å². The van der Waals surface area contributed by atoms with Crippen molar-refractivity contribution in [2.45, 2.75) is 108 Å². The summed E-state index contributed by atoms with van der Waals surface area (Å²) in [6.45, 7) is 3.26. The van der Waals surface area contributed by atoms with Crippen molar-refractivity contribution in [3.05, 3.63) is 0 Å². The molecule has 3 rings (SSSR count). The molecule has 1 spiro atoms. The molecule has 1 aliphatic carbocycles. The molecule has 3 fully saturated rings. The van der Waals surface area contributed by atoms with Gasteiger partial charge in [0, 0.05) is 18.1 Å². The second-order valence-corrected chi connectivity index (χ2v) is 7.97. The van der Waals surface area contributed by atoms with E-state index in [1.165, 1.54) is 77.0 Å². The van der Waals surface area contributed by atoms with Gasteiger partial charge < -0.3 is 5.11 Å². The highest BCUT2D eigenvalue weighted by Crippen LogP contribution is 2.51. The summed E-state index contributed by atoms with van der Waals surface area (Å²) in [6, 6.07) is 0.770. The van der Waals surface area contributed by atoms with E-state index in [1.807, 2.05) is 0 Å². The van der Waals surface area contributed by atoms with E-state index in [4.69, 9.17) is 0 Å². The summed E-state index contributed by atoms with van der Waals surface area (Å²) < 4.78 is 0. The van der Waals surface area contributed by atoms with E-state index in [0.717, 1.165) is 24.9 Å². The van der Waals surface area contributed by atoms with Gasteiger partial charge in [0.2, 0.25) is 0 Å². The van der Waals surface area contributed by atoms with Gasteiger partial charge in [-0.05, 0) is 50.9 Å². The van der Waals surface area contributed by atoms with Gasteiger partial charge in [-0.25, -0.2) is 0 Å². The summed E-state index contributed by atoms with van der Waals surface area (Å²) >= 11 is 0. The first-order valence-corrected chi connectivity index (χ1v) is 9.71. The van der Waals surface area contributed by atoms with Gasteiger partial charge in [0.15, 0.2) is 0 Å². The minimum atomic E-state index is -0.0607. The van der Waals surface area contributed by atoms with E-state index < -0.39 is 0 Å². The normalized spacial score (nSPS) is 40.6. The second kappa shape index (κ2) is 7.00. The number of hydrogen-bond donors (Lipinski definition) is 1. The highest BCUT2D eigenvalue weighted by Gasteiger charge is 2.52. The number of hydrogen-bond acceptors (Lipinski definition) is 2. The van der Waals surface area contributed by atoms with Gasteiger partial charge in [-0.15, -0.1) is 0 Å². The lowest BCUT2D eigenvalue weighted by atomic mass is 9.62. The zero-order valence-corrected chi connectivity index (χ0v) is 14.0. The van der Waals surface area contributed by atoms with Crippen molar-refractivity contribution in [2.75, 3.05) is 6.54 Å². The van der Waals surface area contributed by atoms with Crippen molar-refractivity contribution in [1.29, 1.82) is 0 Å². The molecular formula is C19H35NO. The lowest BCUT2D eigenvalue weighted by Crippen LogP contribution is -2.66. The standard InChI is InChI=1S/C19H35NO/c1-2-3-4-5-9-17-11-10-16-8-6-7-13-19(16)14-12-18(21)15-20(17)19/h16-18,21H,2-15H2,1H3/t16?,17-,18+,19-/m1/s1. The van der Waals surface area contributed by atoms with Gasteiger partial charge >= 0.3 is 0 Å². The molecule has 2 saturated heterocycles. The smallest absolute Gasteiger partial charge is 0.0668 e. The molecule has 122 valence electrons. The minimum Gasteiger partial charge on any atom is -0.392 e. The Morgan fingerprint density at radius 1 is 1.00 bits per heavy atom. The summed E-state index contributed by atoms with van der Waals surface area (Å²) in [5.41, 5.74) is 0.491. The van der Waals surface area contributed by atoms with Crippen molar-refractivity contribution in [2.24, 2.45) is 5.92 Å². The van der Waals surface area contributed by atoms with Crippen LogP contribution in [0.25, 0.3) is 0 Å². The van der Waals surface area contributed by atoms with Gasteiger partial charge in [-0.2, -0.15) is 0 Å². The molecule has 1 N–H and O–H groups in total. The SMILES string of the molecule is CCCCCC[C@@H]1CCC2CCCC[C@@]23CC[C@H](O)CN13. The fourth-order valence-corrected chi connectivity index (χ4v) is 5.64. The Kier molecular flexibility index (Phi) is 5.27. The average Bonchev–Trinajstić information content (AvgIpc) is 2.51. The molecule has 0 aromatic rings. The van der Waals surface area contributed by atoms with E-state index in [-0.39, 0.29) is 6.10 Å². The molecule has 1 saturated carbocycles. The first-order chi connectivity index (χ1) is 10.3. The van der Waals surface area contributed by atoms with Crippen LogP contribution in [-0.4, -0.2) is 34.2 Å². The van der Waals surface area contributed by atoms with Crippen molar-refractivity contribution < 1.29 is 5.11 Å². The number of rotatable bonds is 5. The third-order valence-corrected chi connectivity index (χ3v) is 6.74. The number of unbranched alkanes of at least 4 members (excludes halogenated alkanes) is 3. The molecular weight excluding hydrogens is 258 g/mol. The third-order valence-electron chi connectivity index (χ3n) is 6.74. The van der Waals surface area contributed by atoms with E-state index in [1.54, 1.807) is 0 Å². The topological polar surface area (TPSA) is 23.5 Å². The summed E-state index contributed by atoms with van der Waals surface area (Å²) in [4.78, 5) is 2.82. The predicted molar refractivity (Wildman–Crippen MR) is 88.4 cm³/mol. The Morgan fingerprint density at radius 2 is 1.90 bits per heavy atom. The summed E-state index contributed by atoms with van der Waals surface area (Å²) in [5.74, 6) is 0.936. The van der Waals surface area contributed by atoms with Crippen LogP contribution in [0.3, 0.4) is 0 Å². The van der Waals surface area contributed by atoms with Crippen LogP contribution in [0.1, 0.15) is 90.4 Å². The van der Waals surface area contributed by atoms with Crippen molar-refractivity contribution in [1.82, 2.24) is 4.90 Å². The molecule has 2 aliphatic heterocycles. The summed E-state index contributed by atoms with van der Waals surface area (Å²) in [5, 5.41) is 10.2. The molecule has 2 heterocycles. The fourth-order valence-electron chi connectivity index (χ4n) is 5.64. The molecule has 0 bridgehead atoms. The van der Waals surface area contributed by atoms with Crippen LogP contribution in [0.5, 0.6) is 0 Å². The van der Waals surface area contributed by atoms with Crippen molar-refractivity contribution in [3.63, 3.8) is 0 Å². The number of aliphatic hydroxyl groups excluding tert-OH is 1. The van der Waals surface area contributed by atoms with E-state index in [9.17, 15) is 5.11 Å². The quantitative estimate of drug-likeness (QED) is 0.754. The second-order valence-electron chi connectivity index (χ2n) is 7.97. The average molecular weight is 293 g/mol. The number of β-amino-alcohol motifs (C(OH)–C–C–N with tert-alkyl or cyclic N) is 1. The Morgan fingerprint density at radius 3 is 2.76 bits per heavy atom. The Bertz CT molecular complexity index is 332. The van der Waals surface area contributed by atoms with Crippen LogP contribution in [0.15, 0.2) is 0 Å². The number of aliphatic hydroxyl groups is 1. The molecule has 1 unspecified atom stereocenters. The van der Waals surface area contributed by atoms with Crippen LogP contribution in [0.4, 0.5) is 0 Å². The summed E-state index contributed by atoms with van der Waals surface area (Å²) in [7, 11) is 0. The largest absolute Gasteiger partial charge is 0.392 e. The fraction of sp³-hybridized carbons (Fsp3) is 1.00. The van der Waals surface area contributed by atoms with Gasteiger partial charge in [0.05, 0.1) is 6.10 Å². The van der Waals surface area contributed by atoms with E-state index in [2.05, 4.69) is 11.8 Å². The maximum atomic E-state index is 10.2. The molecule has 2 nitrogen and oxygen atoms in total. The summed E-state index contributed by atoms with van der Waals surface area (Å²) in [6.07, 6.45) is 17.8. The highest BCUT2D eigenvalue weighted by molar-refractivity contribution is 5.07. The van der Waals surface area contributed by atoms with Gasteiger partial charge in [0.25, 0.3) is 0 Å². The van der Waals surface area contributed by atoms with Crippen LogP contribution < -0.4 is 0 Å². The maximum Gasteiger partial charge on any atom is 0.0668 e. The first kappa shape index (κ1) is 15.8. The molecule has 4 atom stereocenters. The van der Waals surface area contributed by atoms with Crippen LogP contribution in [-0.2, 0) is 0 Å². The maximum absolute atomic E-state index is 10.2. The Balaban J connectivity index is 1.68. The first-order valence-electron chi connectivity index (χ1n) is 9.71. The lowest BCUT2D eigenvalue weighted by Gasteiger charge is -2.61. The lowest BCUT2D eigenvalue weighted by molar-refractivity contribution is -0.123. The minimum absolute atomic E-state index is 0.0607. The van der Waals surface area contributed by atoms with Gasteiger partial charge in [-0.3, -0.25) is 4.90 Å². The van der Waals surface area contributed by atoms with Gasteiger partial charge in [0.1, 0.15) is 0 Å². The van der Waals surface area contributed by atoms with Crippen LogP contribution in [0, 0.1) is 5.92 Å². The molecule has 0 amide bonds. The Hall–Kier alpha value is -0.0800. The molecule has 0 radical (unpaired) electrons. The van der Waals surface area contributed by atoms with Gasteiger partial charge in [-0.1, -0.05) is 45.4 Å². The zero-order valence-electron chi connectivity index (χ0n) is 14.0. The number of nitrogens with zero attached hydrogens (tertiary/aromatic N) is 1. The molecule has 0 aromatic heterocycles. The molecule has 3 aliphatic rings. The Labute approximate surface area is 131 Å². The van der Waals surface area contributed by atoms with E-state index in [0.29, 0.717) is 5.54 Å². The van der Waals surface area contributed by atoms with E-state index >= 15 is 0 Å². The van der Waals surface area contributed by atoms with Crippen LogP contribution in [0.2, 0.25) is 0 Å². The highest BCUT2D eigenvalue weighted by atomic mass is 16.3. The van der Waals surface area contributed by atoms with Crippen molar-refractivity contribution in [3.8, 4) is 0 Å². The predicted octanol–water partition coefficient (Wildman–Crippen LogP) is 4.50. The molecule has 21 heavy (non-hydrogen) atoms. The molecule has 2 heteroatoms. The third kappa shape index (κ3) is 3.17. The zero-order chi connectivity index (χ0) is 14.7. The monoisotopic (exact) mass is 293 g/mol. The number of piperidine rings is 2. The van der Waals surface area contributed by atoms with Crippen LogP contribution >= 0.6 is 0 Å². The molecule has 0 aromatic carbocycles.